The minimum Gasteiger partial charge on any atom is -0.258 e. The third kappa shape index (κ3) is 3.64. The van der Waals surface area contributed by atoms with Crippen molar-refractivity contribution < 1.29 is 4.92 Å². The molecule has 0 amide bonds. The molecule has 1 aliphatic carbocycles. The third-order valence-electron chi connectivity index (χ3n) is 4.43. The first-order valence-corrected chi connectivity index (χ1v) is 10.0. The van der Waals surface area contributed by atoms with Gasteiger partial charge in [-0.15, -0.1) is 23.5 Å². The Labute approximate surface area is 161 Å². The Morgan fingerprint density at radius 2 is 1.31 bits per heavy atom. The maximum Gasteiger partial charge on any atom is 0.269 e. The summed E-state index contributed by atoms with van der Waals surface area (Å²) >= 11 is 3.79. The van der Waals surface area contributed by atoms with Crippen molar-refractivity contribution in [3.8, 4) is 0 Å². The molecular formula is C21H17NO2S2. The van der Waals surface area contributed by atoms with Crippen LogP contribution in [0.4, 0.5) is 5.69 Å². The van der Waals surface area contributed by atoms with Gasteiger partial charge in [0.25, 0.3) is 5.69 Å². The largest absolute Gasteiger partial charge is 0.269 e. The van der Waals surface area contributed by atoms with Crippen molar-refractivity contribution in [1.29, 1.82) is 0 Å². The van der Waals surface area contributed by atoms with Gasteiger partial charge in [0, 0.05) is 27.8 Å². The van der Waals surface area contributed by atoms with E-state index in [1.807, 2.05) is 47.8 Å². The summed E-state index contributed by atoms with van der Waals surface area (Å²) in [4.78, 5) is 13.1. The highest BCUT2D eigenvalue weighted by molar-refractivity contribution is 8.18. The molecule has 0 heterocycles. The number of nitro groups is 1. The first-order chi connectivity index (χ1) is 12.7. The zero-order chi connectivity index (χ0) is 18.0. The molecule has 1 aliphatic rings. The summed E-state index contributed by atoms with van der Waals surface area (Å²) in [5.41, 5.74) is 1.31. The molecule has 3 aromatic rings. The maximum absolute atomic E-state index is 10.9. The van der Waals surface area contributed by atoms with E-state index in [4.69, 9.17) is 0 Å². The van der Waals surface area contributed by atoms with E-state index in [1.54, 1.807) is 12.1 Å². The lowest BCUT2D eigenvalue weighted by Crippen LogP contribution is -2.01. The van der Waals surface area contributed by atoms with E-state index in [9.17, 15) is 10.1 Å². The monoisotopic (exact) mass is 379 g/mol. The van der Waals surface area contributed by atoms with Gasteiger partial charge in [0.2, 0.25) is 0 Å². The number of benzene rings is 3. The number of nitro benzene ring substituents is 1. The average molecular weight is 380 g/mol. The van der Waals surface area contributed by atoms with E-state index in [0.717, 1.165) is 6.42 Å². The van der Waals surface area contributed by atoms with Gasteiger partial charge in [0.1, 0.15) is 0 Å². The molecule has 130 valence electrons. The van der Waals surface area contributed by atoms with Crippen LogP contribution in [0.1, 0.15) is 17.9 Å². The van der Waals surface area contributed by atoms with Crippen molar-refractivity contribution in [2.75, 3.05) is 0 Å². The molecule has 0 aliphatic heterocycles. The fourth-order valence-corrected chi connectivity index (χ4v) is 6.23. The summed E-state index contributed by atoms with van der Waals surface area (Å²) in [6.07, 6.45) is 1.05. The normalized spacial score (nSPS) is 17.6. The Kier molecular flexibility index (Phi) is 4.74. The minimum atomic E-state index is -0.346. The van der Waals surface area contributed by atoms with E-state index in [2.05, 4.69) is 48.5 Å². The Bertz CT molecular complexity index is 857. The van der Waals surface area contributed by atoms with Crippen LogP contribution >= 0.6 is 23.5 Å². The lowest BCUT2D eigenvalue weighted by atomic mass is 10.1. The molecular weight excluding hydrogens is 362 g/mol. The molecule has 4 rings (SSSR count). The highest BCUT2D eigenvalue weighted by Crippen LogP contribution is 2.69. The third-order valence-corrected chi connectivity index (χ3v) is 7.54. The Morgan fingerprint density at radius 1 is 0.808 bits per heavy atom. The van der Waals surface area contributed by atoms with Crippen LogP contribution in [0.3, 0.4) is 0 Å². The number of nitrogens with zero attached hydrogens (tertiary/aromatic N) is 1. The molecule has 3 nitrogen and oxygen atoms in total. The molecule has 5 heteroatoms. The standard InChI is InChI=1S/C21H17NO2S2/c23-22(24)17-13-11-16(12-14-17)20-15-21(20,25-18-7-3-1-4-8-18)26-19-9-5-2-6-10-19/h1-14,20H,15H2/t20-/m0/s1. The second kappa shape index (κ2) is 7.17. The van der Waals surface area contributed by atoms with Crippen molar-refractivity contribution in [3.05, 3.63) is 101 Å². The van der Waals surface area contributed by atoms with Gasteiger partial charge in [0.15, 0.2) is 0 Å². The predicted molar refractivity (Wildman–Crippen MR) is 108 cm³/mol. The molecule has 0 saturated heterocycles. The molecule has 0 spiro atoms. The highest BCUT2D eigenvalue weighted by atomic mass is 32.2. The number of rotatable bonds is 6. The Hall–Kier alpha value is -2.24. The molecule has 1 fully saturated rings. The first-order valence-electron chi connectivity index (χ1n) is 8.39. The second-order valence-electron chi connectivity index (χ2n) is 6.25. The van der Waals surface area contributed by atoms with Gasteiger partial charge < -0.3 is 0 Å². The van der Waals surface area contributed by atoms with Crippen molar-refractivity contribution >= 4 is 29.2 Å². The lowest BCUT2D eigenvalue weighted by Gasteiger charge is -2.17. The van der Waals surface area contributed by atoms with Crippen LogP contribution in [0.5, 0.6) is 0 Å². The van der Waals surface area contributed by atoms with Crippen LogP contribution in [-0.4, -0.2) is 9.00 Å². The van der Waals surface area contributed by atoms with Gasteiger partial charge >= 0.3 is 0 Å². The van der Waals surface area contributed by atoms with Crippen molar-refractivity contribution in [3.63, 3.8) is 0 Å². The minimum absolute atomic E-state index is 0.0266. The summed E-state index contributed by atoms with van der Waals surface area (Å²) < 4.78 is 0.0266. The lowest BCUT2D eigenvalue weighted by molar-refractivity contribution is -0.384. The number of hydrogen-bond acceptors (Lipinski definition) is 4. The van der Waals surface area contributed by atoms with Gasteiger partial charge in [-0.05, 0) is 36.2 Å². The highest BCUT2D eigenvalue weighted by Gasteiger charge is 2.56. The van der Waals surface area contributed by atoms with Crippen LogP contribution in [-0.2, 0) is 0 Å². The predicted octanol–water partition coefficient (Wildman–Crippen LogP) is 6.36. The fraction of sp³-hybridized carbons (Fsp3) is 0.143. The van der Waals surface area contributed by atoms with Gasteiger partial charge in [-0.1, -0.05) is 48.5 Å². The number of non-ortho nitro benzene ring substituents is 1. The topological polar surface area (TPSA) is 43.1 Å². The van der Waals surface area contributed by atoms with Crippen molar-refractivity contribution in [1.82, 2.24) is 0 Å². The number of hydrogen-bond donors (Lipinski definition) is 0. The summed E-state index contributed by atoms with van der Waals surface area (Å²) in [7, 11) is 0. The van der Waals surface area contributed by atoms with Crippen LogP contribution in [0.2, 0.25) is 0 Å². The van der Waals surface area contributed by atoms with Crippen molar-refractivity contribution in [2.45, 2.75) is 26.2 Å². The fourth-order valence-electron chi connectivity index (χ4n) is 3.05. The van der Waals surface area contributed by atoms with Gasteiger partial charge in [0.05, 0.1) is 9.00 Å². The molecule has 1 atom stereocenters. The van der Waals surface area contributed by atoms with E-state index in [-0.39, 0.29) is 14.7 Å². The van der Waals surface area contributed by atoms with Crippen LogP contribution < -0.4 is 0 Å². The molecule has 1 saturated carbocycles. The van der Waals surface area contributed by atoms with Crippen molar-refractivity contribution in [2.24, 2.45) is 0 Å². The smallest absolute Gasteiger partial charge is 0.258 e. The van der Waals surface area contributed by atoms with E-state index in [0.29, 0.717) is 5.92 Å². The molecule has 0 aromatic heterocycles. The summed E-state index contributed by atoms with van der Waals surface area (Å²) in [5.74, 6) is 0.374. The zero-order valence-electron chi connectivity index (χ0n) is 13.9. The van der Waals surface area contributed by atoms with Crippen LogP contribution in [0, 0.1) is 10.1 Å². The first kappa shape index (κ1) is 17.2. The number of thioether (sulfide) groups is 2. The quantitative estimate of drug-likeness (QED) is 0.284. The SMILES string of the molecule is O=[N+]([O-])c1ccc([C@@H]2CC2(Sc2ccccc2)Sc2ccccc2)cc1. The summed E-state index contributed by atoms with van der Waals surface area (Å²) in [6, 6.07) is 27.9. The Morgan fingerprint density at radius 3 is 1.77 bits per heavy atom. The summed E-state index contributed by atoms with van der Waals surface area (Å²) in [6.45, 7) is 0. The van der Waals surface area contributed by atoms with Crippen LogP contribution in [0.15, 0.2) is 94.7 Å². The van der Waals surface area contributed by atoms with Crippen LogP contribution in [0.25, 0.3) is 0 Å². The average Bonchev–Trinajstić information content (AvgIpc) is 3.36. The van der Waals surface area contributed by atoms with E-state index in [1.165, 1.54) is 15.4 Å². The molecule has 0 unspecified atom stereocenters. The molecule has 26 heavy (non-hydrogen) atoms. The summed E-state index contributed by atoms with van der Waals surface area (Å²) in [5, 5.41) is 10.9. The van der Waals surface area contributed by atoms with Gasteiger partial charge in [-0.2, -0.15) is 0 Å². The molecule has 0 radical (unpaired) electrons. The zero-order valence-corrected chi connectivity index (χ0v) is 15.6. The Balaban J connectivity index is 1.61. The van der Waals surface area contributed by atoms with E-state index >= 15 is 0 Å². The van der Waals surface area contributed by atoms with Gasteiger partial charge in [-0.25, -0.2) is 0 Å². The second-order valence-corrected chi connectivity index (χ2v) is 9.31. The van der Waals surface area contributed by atoms with E-state index < -0.39 is 0 Å². The molecule has 0 bridgehead atoms. The molecule has 3 aromatic carbocycles. The molecule has 0 N–H and O–H groups in total. The maximum atomic E-state index is 10.9. The van der Waals surface area contributed by atoms with Gasteiger partial charge in [-0.3, -0.25) is 10.1 Å².